The second kappa shape index (κ2) is 9.79. The fraction of sp³-hybridized carbons (Fsp3) is 0.750. The van der Waals surface area contributed by atoms with Gasteiger partial charge in [-0.1, -0.05) is 32.0 Å². The number of benzene rings is 1. The predicted molar refractivity (Wildman–Crippen MR) is 129 cm³/mol. The van der Waals surface area contributed by atoms with Crippen LogP contribution in [0.5, 0.6) is 5.75 Å². The predicted octanol–water partition coefficient (Wildman–Crippen LogP) is 4.40. The van der Waals surface area contributed by atoms with Gasteiger partial charge < -0.3 is 24.2 Å². The summed E-state index contributed by atoms with van der Waals surface area (Å²) in [5.74, 6) is 1.41. The summed E-state index contributed by atoms with van der Waals surface area (Å²) in [6.07, 6.45) is 6.81. The fourth-order valence-corrected chi connectivity index (χ4v) is 7.52. The highest BCUT2D eigenvalue weighted by atomic mass is 16.7. The van der Waals surface area contributed by atoms with E-state index in [0.717, 1.165) is 57.4 Å². The van der Waals surface area contributed by atoms with Crippen LogP contribution < -0.4 is 4.74 Å². The number of likely N-dealkylation sites (tertiary alicyclic amines) is 1. The normalized spacial score (nSPS) is 40.2. The quantitative estimate of drug-likeness (QED) is 0.689. The van der Waals surface area contributed by atoms with E-state index in [2.05, 4.69) is 13.8 Å². The van der Waals surface area contributed by atoms with Crippen molar-refractivity contribution in [3.05, 3.63) is 30.3 Å². The molecule has 1 aromatic carbocycles. The molecule has 0 unspecified atom stereocenters. The zero-order valence-electron chi connectivity index (χ0n) is 20.8. The molecule has 5 rings (SSSR count). The van der Waals surface area contributed by atoms with Gasteiger partial charge in [0.05, 0.1) is 18.8 Å². The highest BCUT2D eigenvalue weighted by Crippen LogP contribution is 2.62. The van der Waals surface area contributed by atoms with E-state index in [9.17, 15) is 9.90 Å². The maximum absolute atomic E-state index is 13.2. The third-order valence-corrected chi connectivity index (χ3v) is 9.46. The molecular weight excluding hydrogens is 430 g/mol. The summed E-state index contributed by atoms with van der Waals surface area (Å²) in [7, 11) is 0. The number of carbonyl (C=O) groups is 1. The number of para-hydroxylation sites is 1. The first-order chi connectivity index (χ1) is 16.4. The minimum atomic E-state index is -0.410. The van der Waals surface area contributed by atoms with E-state index in [4.69, 9.17) is 14.2 Å². The van der Waals surface area contributed by atoms with Crippen molar-refractivity contribution in [2.45, 2.75) is 83.7 Å². The standard InChI is InChI=1S/C28H41NO5/c1-27-14-13-24-28(2,19-33-26(34-24)18-32-20-9-5-3-6-10-20)23(27)12-11-22(30)21(27)17-25(31)29-15-7-4-8-16-29/h3,5-6,9-10,21-24,26,30H,4,7-8,11-19H2,1-2H3/t21-,22-,23-,24-,26-,27+,28+/m1/s1. The highest BCUT2D eigenvalue weighted by Gasteiger charge is 2.61. The van der Waals surface area contributed by atoms with Crippen LogP contribution in [0.4, 0.5) is 0 Å². The molecule has 7 atom stereocenters. The zero-order valence-corrected chi connectivity index (χ0v) is 20.8. The number of ether oxygens (including phenoxy) is 3. The van der Waals surface area contributed by atoms with Crippen LogP contribution in [0, 0.1) is 22.7 Å². The van der Waals surface area contributed by atoms with Gasteiger partial charge in [-0.25, -0.2) is 0 Å². The van der Waals surface area contributed by atoms with Gasteiger partial charge in [0.1, 0.15) is 12.4 Å². The molecule has 188 valence electrons. The Balaban J connectivity index is 1.26. The minimum Gasteiger partial charge on any atom is -0.488 e. The first-order valence-corrected chi connectivity index (χ1v) is 13.3. The molecule has 2 aliphatic heterocycles. The van der Waals surface area contributed by atoms with E-state index in [0.29, 0.717) is 25.6 Å². The van der Waals surface area contributed by atoms with Gasteiger partial charge in [0, 0.05) is 24.9 Å². The molecule has 1 aromatic rings. The monoisotopic (exact) mass is 471 g/mol. The minimum absolute atomic E-state index is 0.00223. The number of piperidine rings is 1. The number of aliphatic hydroxyl groups is 1. The van der Waals surface area contributed by atoms with Crippen molar-refractivity contribution in [2.75, 3.05) is 26.3 Å². The molecule has 34 heavy (non-hydrogen) atoms. The molecule has 1 N–H and O–H groups in total. The molecule has 6 heteroatoms. The molecule has 2 heterocycles. The van der Waals surface area contributed by atoms with Crippen LogP contribution in [0.2, 0.25) is 0 Å². The maximum atomic E-state index is 13.2. The Hall–Kier alpha value is -1.63. The Kier molecular flexibility index (Phi) is 6.93. The number of carbonyl (C=O) groups excluding carboxylic acids is 1. The summed E-state index contributed by atoms with van der Waals surface area (Å²) in [5.41, 5.74) is -0.211. The second-order valence-electron chi connectivity index (χ2n) is 11.5. The van der Waals surface area contributed by atoms with Crippen molar-refractivity contribution in [1.82, 2.24) is 4.90 Å². The molecule has 0 spiro atoms. The van der Waals surface area contributed by atoms with Crippen molar-refractivity contribution in [3.63, 3.8) is 0 Å². The molecule has 2 saturated carbocycles. The molecule has 0 radical (unpaired) electrons. The Morgan fingerprint density at radius 2 is 1.85 bits per heavy atom. The van der Waals surface area contributed by atoms with Gasteiger partial charge >= 0.3 is 0 Å². The Bertz CT molecular complexity index is 842. The molecule has 6 nitrogen and oxygen atoms in total. The molecule has 4 fully saturated rings. The van der Waals surface area contributed by atoms with Crippen LogP contribution in [0.3, 0.4) is 0 Å². The number of hydrogen-bond acceptors (Lipinski definition) is 5. The number of fused-ring (bicyclic) bond motifs is 3. The van der Waals surface area contributed by atoms with Gasteiger partial charge in [-0.15, -0.1) is 0 Å². The van der Waals surface area contributed by atoms with Gasteiger partial charge in [0.15, 0.2) is 6.29 Å². The lowest BCUT2D eigenvalue weighted by molar-refractivity contribution is -0.313. The number of hydrogen-bond donors (Lipinski definition) is 1. The molecule has 4 aliphatic rings. The third kappa shape index (κ3) is 4.49. The molecule has 0 aromatic heterocycles. The van der Waals surface area contributed by atoms with Crippen molar-refractivity contribution in [2.24, 2.45) is 22.7 Å². The molecule has 1 amide bonds. The topological polar surface area (TPSA) is 68.2 Å². The van der Waals surface area contributed by atoms with E-state index >= 15 is 0 Å². The van der Waals surface area contributed by atoms with Crippen LogP contribution in [-0.4, -0.2) is 60.7 Å². The van der Waals surface area contributed by atoms with Crippen LogP contribution in [0.1, 0.15) is 65.2 Å². The summed E-state index contributed by atoms with van der Waals surface area (Å²) in [6, 6.07) is 9.77. The van der Waals surface area contributed by atoms with Gasteiger partial charge in [0.25, 0.3) is 0 Å². The smallest absolute Gasteiger partial charge is 0.222 e. The van der Waals surface area contributed by atoms with Crippen molar-refractivity contribution < 1.29 is 24.1 Å². The van der Waals surface area contributed by atoms with Crippen molar-refractivity contribution in [1.29, 1.82) is 0 Å². The summed E-state index contributed by atoms with van der Waals surface area (Å²) in [5, 5.41) is 11.1. The first-order valence-electron chi connectivity index (χ1n) is 13.3. The van der Waals surface area contributed by atoms with Crippen LogP contribution in [0.15, 0.2) is 30.3 Å². The van der Waals surface area contributed by atoms with E-state index in [1.807, 2.05) is 35.2 Å². The van der Waals surface area contributed by atoms with Crippen LogP contribution >= 0.6 is 0 Å². The number of aliphatic hydroxyl groups excluding tert-OH is 1. The maximum Gasteiger partial charge on any atom is 0.222 e. The third-order valence-electron chi connectivity index (χ3n) is 9.46. The number of rotatable bonds is 5. The molecular formula is C28H41NO5. The fourth-order valence-electron chi connectivity index (χ4n) is 7.52. The SMILES string of the molecule is C[C@@]12CO[C@@H](COc3ccccc3)O[C@@H]1CC[C@]1(C)[C@H]2CC[C@@H](O)[C@H]1CC(=O)N1CCCCC1. The summed E-state index contributed by atoms with van der Waals surface area (Å²) < 4.78 is 18.6. The average molecular weight is 472 g/mol. The van der Waals surface area contributed by atoms with E-state index in [1.165, 1.54) is 6.42 Å². The Morgan fingerprint density at radius 3 is 2.62 bits per heavy atom. The van der Waals surface area contributed by atoms with Gasteiger partial charge in [0.2, 0.25) is 5.91 Å². The van der Waals surface area contributed by atoms with Crippen LogP contribution in [0.25, 0.3) is 0 Å². The largest absolute Gasteiger partial charge is 0.488 e. The zero-order chi connectivity index (χ0) is 23.8. The van der Waals surface area contributed by atoms with E-state index in [-0.39, 0.29) is 35.0 Å². The lowest BCUT2D eigenvalue weighted by Gasteiger charge is -2.63. The van der Waals surface area contributed by atoms with Crippen molar-refractivity contribution >= 4 is 5.91 Å². The van der Waals surface area contributed by atoms with Gasteiger partial charge in [-0.2, -0.15) is 0 Å². The summed E-state index contributed by atoms with van der Waals surface area (Å²) >= 11 is 0. The molecule has 2 saturated heterocycles. The van der Waals surface area contributed by atoms with E-state index in [1.54, 1.807) is 0 Å². The number of amides is 1. The highest BCUT2D eigenvalue weighted by molar-refractivity contribution is 5.76. The summed E-state index contributed by atoms with van der Waals surface area (Å²) in [6.45, 7) is 7.37. The number of nitrogens with zero attached hydrogens (tertiary/aromatic N) is 1. The second-order valence-corrected chi connectivity index (χ2v) is 11.5. The molecule has 0 bridgehead atoms. The van der Waals surface area contributed by atoms with Crippen molar-refractivity contribution in [3.8, 4) is 5.75 Å². The van der Waals surface area contributed by atoms with Gasteiger partial charge in [-0.3, -0.25) is 4.79 Å². The average Bonchev–Trinajstić information content (AvgIpc) is 2.86. The van der Waals surface area contributed by atoms with Crippen LogP contribution in [-0.2, 0) is 14.3 Å². The lowest BCUT2D eigenvalue weighted by atomic mass is 9.46. The molecule has 2 aliphatic carbocycles. The van der Waals surface area contributed by atoms with E-state index < -0.39 is 6.10 Å². The lowest BCUT2D eigenvalue weighted by Crippen LogP contribution is -2.63. The van der Waals surface area contributed by atoms with Gasteiger partial charge in [-0.05, 0) is 74.3 Å². The Labute approximate surface area is 203 Å². The first kappa shape index (κ1) is 24.1. The Morgan fingerprint density at radius 1 is 1.09 bits per heavy atom. The summed E-state index contributed by atoms with van der Waals surface area (Å²) in [4.78, 5) is 15.2.